The van der Waals surface area contributed by atoms with E-state index in [-0.39, 0.29) is 11.9 Å². The van der Waals surface area contributed by atoms with Crippen molar-refractivity contribution in [3.8, 4) is 0 Å². The normalized spacial score (nSPS) is 13.6. The molecule has 6 heteroatoms. The molecule has 0 aliphatic carbocycles. The van der Waals surface area contributed by atoms with E-state index >= 15 is 0 Å². The molecule has 0 heterocycles. The van der Waals surface area contributed by atoms with Crippen molar-refractivity contribution in [2.24, 2.45) is 0 Å². The summed E-state index contributed by atoms with van der Waals surface area (Å²) in [7, 11) is -3.61. The largest absolute Gasteiger partial charge is 0.352 e. The van der Waals surface area contributed by atoms with Gasteiger partial charge in [0.15, 0.2) is 0 Å². The first kappa shape index (κ1) is 22.0. The second-order valence-corrected chi connectivity index (χ2v) is 9.37. The Hall–Kier alpha value is -2.34. The molecule has 0 bridgehead atoms. The lowest BCUT2D eigenvalue weighted by molar-refractivity contribution is -0.122. The van der Waals surface area contributed by atoms with Gasteiger partial charge in [-0.3, -0.25) is 9.10 Å². The number of aryl methyl sites for hydroxylation is 3. The number of nitrogens with zero attached hydrogens (tertiary/aromatic N) is 1. The van der Waals surface area contributed by atoms with Crippen molar-refractivity contribution < 1.29 is 13.2 Å². The smallest absolute Gasteiger partial charge is 0.243 e. The maximum Gasteiger partial charge on any atom is 0.243 e. The zero-order valence-electron chi connectivity index (χ0n) is 17.3. The first-order valence-electron chi connectivity index (χ1n) is 9.50. The monoisotopic (exact) mass is 402 g/mol. The van der Waals surface area contributed by atoms with Crippen LogP contribution in [0.4, 0.5) is 5.69 Å². The second kappa shape index (κ2) is 9.24. The molecule has 5 nitrogen and oxygen atoms in total. The lowest BCUT2D eigenvalue weighted by Crippen LogP contribution is -2.50. The van der Waals surface area contributed by atoms with Crippen molar-refractivity contribution in [3.63, 3.8) is 0 Å². The van der Waals surface area contributed by atoms with E-state index in [9.17, 15) is 13.2 Å². The standard InChI is InChI=1S/C22H30N2O3S/c1-16-13-17(2)15-21(14-16)24(28(5,26)27)19(4)22(25)23-18(3)11-12-20-9-7-6-8-10-20/h6-10,13-15,18-19H,11-12H2,1-5H3,(H,23,25)/t18-,19-/m1/s1. The van der Waals surface area contributed by atoms with Crippen LogP contribution in [0.1, 0.15) is 37.0 Å². The highest BCUT2D eigenvalue weighted by Gasteiger charge is 2.29. The quantitative estimate of drug-likeness (QED) is 0.734. The molecule has 2 aromatic rings. The first-order valence-corrected chi connectivity index (χ1v) is 11.3. The van der Waals surface area contributed by atoms with Crippen LogP contribution in [0.25, 0.3) is 0 Å². The Morgan fingerprint density at radius 2 is 1.61 bits per heavy atom. The molecule has 0 aromatic heterocycles. The summed E-state index contributed by atoms with van der Waals surface area (Å²) in [5.41, 5.74) is 3.63. The van der Waals surface area contributed by atoms with Crippen LogP contribution in [0.2, 0.25) is 0 Å². The maximum atomic E-state index is 12.8. The van der Waals surface area contributed by atoms with Crippen LogP contribution >= 0.6 is 0 Å². The van der Waals surface area contributed by atoms with Crippen LogP contribution in [-0.2, 0) is 21.2 Å². The number of anilines is 1. The number of sulfonamides is 1. The first-order chi connectivity index (χ1) is 13.1. The van der Waals surface area contributed by atoms with Gasteiger partial charge in [-0.05, 0) is 69.4 Å². The molecule has 0 radical (unpaired) electrons. The van der Waals surface area contributed by atoms with Crippen LogP contribution in [-0.4, -0.2) is 32.7 Å². The average molecular weight is 403 g/mol. The fourth-order valence-electron chi connectivity index (χ4n) is 3.35. The summed E-state index contributed by atoms with van der Waals surface area (Å²) in [5.74, 6) is -0.301. The molecule has 2 rings (SSSR count). The van der Waals surface area contributed by atoms with E-state index in [2.05, 4.69) is 17.4 Å². The van der Waals surface area contributed by atoms with Crippen LogP contribution in [0, 0.1) is 13.8 Å². The Kier molecular flexibility index (Phi) is 7.24. The molecule has 0 fully saturated rings. The van der Waals surface area contributed by atoms with Crippen LogP contribution in [0.5, 0.6) is 0 Å². The average Bonchev–Trinajstić information content (AvgIpc) is 2.59. The van der Waals surface area contributed by atoms with Crippen LogP contribution in [0.3, 0.4) is 0 Å². The summed E-state index contributed by atoms with van der Waals surface area (Å²) in [6.45, 7) is 7.38. The molecule has 152 valence electrons. The lowest BCUT2D eigenvalue weighted by Gasteiger charge is -2.29. The van der Waals surface area contributed by atoms with E-state index < -0.39 is 16.1 Å². The van der Waals surface area contributed by atoms with Crippen molar-refractivity contribution in [2.45, 2.75) is 52.6 Å². The molecule has 1 amide bonds. The molecule has 0 unspecified atom stereocenters. The lowest BCUT2D eigenvalue weighted by atomic mass is 10.1. The predicted molar refractivity (Wildman–Crippen MR) is 115 cm³/mol. The number of hydrogen-bond donors (Lipinski definition) is 1. The molecule has 2 aromatic carbocycles. The van der Waals surface area contributed by atoms with E-state index in [0.29, 0.717) is 5.69 Å². The molecule has 1 N–H and O–H groups in total. The van der Waals surface area contributed by atoms with Gasteiger partial charge in [0.05, 0.1) is 11.9 Å². The van der Waals surface area contributed by atoms with Crippen molar-refractivity contribution >= 4 is 21.6 Å². The Morgan fingerprint density at radius 3 is 2.14 bits per heavy atom. The number of carbonyl (C=O) groups excluding carboxylic acids is 1. The minimum absolute atomic E-state index is 0.0594. The Balaban J connectivity index is 2.11. The predicted octanol–water partition coefficient (Wildman–Crippen LogP) is 3.60. The third-order valence-electron chi connectivity index (χ3n) is 4.65. The number of hydrogen-bond acceptors (Lipinski definition) is 3. The highest BCUT2D eigenvalue weighted by atomic mass is 32.2. The minimum atomic E-state index is -3.61. The highest BCUT2D eigenvalue weighted by Crippen LogP contribution is 2.24. The van der Waals surface area contributed by atoms with E-state index in [0.717, 1.165) is 30.2 Å². The highest BCUT2D eigenvalue weighted by molar-refractivity contribution is 7.92. The van der Waals surface area contributed by atoms with Gasteiger partial charge < -0.3 is 5.32 Å². The van der Waals surface area contributed by atoms with Gasteiger partial charge in [0.1, 0.15) is 6.04 Å². The van der Waals surface area contributed by atoms with Crippen molar-refractivity contribution in [3.05, 3.63) is 65.2 Å². The zero-order chi connectivity index (χ0) is 20.9. The molecule has 0 aliphatic heterocycles. The van der Waals surface area contributed by atoms with Gasteiger partial charge in [-0.15, -0.1) is 0 Å². The van der Waals surface area contributed by atoms with Crippen molar-refractivity contribution in [1.82, 2.24) is 5.32 Å². The number of benzene rings is 2. The molecule has 0 saturated carbocycles. The topological polar surface area (TPSA) is 66.5 Å². The second-order valence-electron chi connectivity index (χ2n) is 7.51. The Morgan fingerprint density at radius 1 is 1.04 bits per heavy atom. The van der Waals surface area contributed by atoms with Crippen molar-refractivity contribution in [2.75, 3.05) is 10.6 Å². The Labute approximate surface area is 168 Å². The third-order valence-corrected chi connectivity index (χ3v) is 5.89. The number of carbonyl (C=O) groups is 1. The molecule has 2 atom stereocenters. The third kappa shape index (κ3) is 6.09. The van der Waals surface area contributed by atoms with Gasteiger partial charge in [0.25, 0.3) is 0 Å². The molecule has 28 heavy (non-hydrogen) atoms. The summed E-state index contributed by atoms with van der Waals surface area (Å²) >= 11 is 0. The fraction of sp³-hybridized carbons (Fsp3) is 0.409. The van der Waals surface area contributed by atoms with Crippen LogP contribution in [0.15, 0.2) is 48.5 Å². The number of amides is 1. The fourth-order valence-corrected chi connectivity index (χ4v) is 4.51. The Bertz CT molecular complexity index is 890. The number of nitrogens with one attached hydrogen (secondary N) is 1. The summed E-state index contributed by atoms with van der Waals surface area (Å²) in [6, 6.07) is 14.7. The molecule has 0 spiro atoms. The van der Waals surface area contributed by atoms with Gasteiger partial charge in [0.2, 0.25) is 15.9 Å². The number of rotatable bonds is 8. The minimum Gasteiger partial charge on any atom is -0.352 e. The SMILES string of the molecule is Cc1cc(C)cc(N([C@H](C)C(=O)N[C@H](C)CCc2ccccc2)S(C)(=O)=O)c1. The maximum absolute atomic E-state index is 12.8. The molecular formula is C22H30N2O3S. The van der Waals surface area contributed by atoms with Gasteiger partial charge in [0, 0.05) is 6.04 Å². The summed E-state index contributed by atoms with van der Waals surface area (Å²) < 4.78 is 26.1. The zero-order valence-corrected chi connectivity index (χ0v) is 18.1. The van der Waals surface area contributed by atoms with E-state index in [1.807, 2.05) is 45.0 Å². The van der Waals surface area contributed by atoms with E-state index in [4.69, 9.17) is 0 Å². The molecule has 0 aliphatic rings. The van der Waals surface area contributed by atoms with Crippen molar-refractivity contribution in [1.29, 1.82) is 0 Å². The van der Waals surface area contributed by atoms with Gasteiger partial charge in [-0.25, -0.2) is 8.42 Å². The van der Waals surface area contributed by atoms with Gasteiger partial charge >= 0.3 is 0 Å². The summed E-state index contributed by atoms with van der Waals surface area (Å²) in [4.78, 5) is 12.8. The van der Waals surface area contributed by atoms with E-state index in [1.165, 1.54) is 9.87 Å². The molecule has 0 saturated heterocycles. The van der Waals surface area contributed by atoms with E-state index in [1.54, 1.807) is 19.1 Å². The van der Waals surface area contributed by atoms with Crippen LogP contribution < -0.4 is 9.62 Å². The van der Waals surface area contributed by atoms with Gasteiger partial charge in [-0.1, -0.05) is 36.4 Å². The summed E-state index contributed by atoms with van der Waals surface area (Å²) in [5, 5.41) is 2.96. The summed E-state index contributed by atoms with van der Waals surface area (Å²) in [6.07, 6.45) is 2.77. The molecular weight excluding hydrogens is 372 g/mol. The van der Waals surface area contributed by atoms with Gasteiger partial charge in [-0.2, -0.15) is 0 Å².